The maximum Gasteiger partial charge on any atom is 0.268 e. The molecule has 2 heterocycles. The van der Waals surface area contributed by atoms with Crippen LogP contribution >= 0.6 is 0 Å². The van der Waals surface area contributed by atoms with E-state index in [2.05, 4.69) is 0 Å². The molecule has 1 amide bonds. The highest BCUT2D eigenvalue weighted by Crippen LogP contribution is 2.37. The topological polar surface area (TPSA) is 69.0 Å². The molecule has 6 heteroatoms. The van der Waals surface area contributed by atoms with Crippen molar-refractivity contribution in [3.8, 4) is 11.5 Å². The fraction of sp³-hybridized carbons (Fsp3) is 0.217. The van der Waals surface area contributed by atoms with Gasteiger partial charge in [0.2, 0.25) is 5.78 Å². The first kappa shape index (κ1) is 18.8. The Labute approximate surface area is 168 Å². The number of carbonyl (C=O) groups excluding carboxylic acids is 2. The number of carbonyl (C=O) groups is 2. The number of amides is 1. The van der Waals surface area contributed by atoms with E-state index in [4.69, 9.17) is 13.9 Å². The zero-order valence-corrected chi connectivity index (χ0v) is 16.3. The third-order valence-corrected chi connectivity index (χ3v) is 4.94. The van der Waals surface area contributed by atoms with E-state index in [1.165, 1.54) is 6.26 Å². The van der Waals surface area contributed by atoms with Crippen LogP contribution in [0.5, 0.6) is 11.5 Å². The second-order valence-corrected chi connectivity index (χ2v) is 6.78. The number of fused-ring (bicyclic) bond motifs is 1. The van der Waals surface area contributed by atoms with Crippen molar-refractivity contribution in [3.05, 3.63) is 77.7 Å². The molecule has 2 aromatic carbocycles. The predicted octanol–water partition coefficient (Wildman–Crippen LogP) is 4.22. The van der Waals surface area contributed by atoms with E-state index < -0.39 is 6.10 Å². The average molecular weight is 391 g/mol. The van der Waals surface area contributed by atoms with Crippen molar-refractivity contribution in [2.45, 2.75) is 26.0 Å². The lowest BCUT2D eigenvalue weighted by Crippen LogP contribution is -2.45. The monoisotopic (exact) mass is 391 g/mol. The smallest absolute Gasteiger partial charge is 0.268 e. The standard InChI is InChI=1S/C23H21NO5/c1-3-19-23(26)24(14-15-6-9-17(27-2)10-7-15)18-13-16(8-11-20(18)29-19)22(25)21-5-4-12-28-21/h4-13,19H,3,14H2,1-2H3. The minimum Gasteiger partial charge on any atom is -0.497 e. The molecule has 0 N–H and O–H groups in total. The number of ketones is 1. The molecule has 148 valence electrons. The Balaban J connectivity index is 1.71. The van der Waals surface area contributed by atoms with E-state index in [0.717, 1.165) is 11.3 Å². The number of rotatable bonds is 6. The lowest BCUT2D eigenvalue weighted by molar-refractivity contribution is -0.126. The number of hydrogen-bond donors (Lipinski definition) is 0. The fourth-order valence-corrected chi connectivity index (χ4v) is 3.35. The van der Waals surface area contributed by atoms with Crippen LogP contribution in [-0.4, -0.2) is 24.9 Å². The number of hydrogen-bond acceptors (Lipinski definition) is 5. The normalized spacial score (nSPS) is 15.6. The summed E-state index contributed by atoms with van der Waals surface area (Å²) in [6.45, 7) is 2.28. The molecule has 1 aliphatic rings. The maximum absolute atomic E-state index is 13.0. The molecule has 4 rings (SSSR count). The van der Waals surface area contributed by atoms with Gasteiger partial charge >= 0.3 is 0 Å². The van der Waals surface area contributed by atoms with Crippen molar-refractivity contribution in [1.29, 1.82) is 0 Å². The van der Waals surface area contributed by atoms with Gasteiger partial charge < -0.3 is 18.8 Å². The molecule has 1 unspecified atom stereocenters. The third kappa shape index (κ3) is 3.61. The number of methoxy groups -OCH3 is 1. The van der Waals surface area contributed by atoms with Crippen molar-refractivity contribution in [1.82, 2.24) is 0 Å². The van der Waals surface area contributed by atoms with Gasteiger partial charge in [0.15, 0.2) is 11.9 Å². The van der Waals surface area contributed by atoms with E-state index in [9.17, 15) is 9.59 Å². The van der Waals surface area contributed by atoms with Crippen LogP contribution in [0.1, 0.15) is 35.0 Å². The summed E-state index contributed by atoms with van der Waals surface area (Å²) in [6.07, 6.45) is 1.47. The van der Waals surface area contributed by atoms with Crippen LogP contribution in [0.25, 0.3) is 0 Å². The molecule has 0 radical (unpaired) electrons. The second-order valence-electron chi connectivity index (χ2n) is 6.78. The van der Waals surface area contributed by atoms with E-state index in [0.29, 0.717) is 30.0 Å². The molecule has 29 heavy (non-hydrogen) atoms. The van der Waals surface area contributed by atoms with Gasteiger partial charge in [-0.15, -0.1) is 0 Å². The summed E-state index contributed by atoms with van der Waals surface area (Å²) in [5.74, 6) is 1.22. The molecule has 1 aromatic heterocycles. The molecule has 6 nitrogen and oxygen atoms in total. The van der Waals surface area contributed by atoms with Gasteiger partial charge in [0, 0.05) is 5.56 Å². The van der Waals surface area contributed by atoms with Gasteiger partial charge in [0.05, 0.1) is 25.6 Å². The van der Waals surface area contributed by atoms with Gasteiger partial charge in [-0.1, -0.05) is 19.1 Å². The molecule has 0 aliphatic carbocycles. The fourth-order valence-electron chi connectivity index (χ4n) is 3.35. The first-order valence-electron chi connectivity index (χ1n) is 9.44. The zero-order valence-electron chi connectivity index (χ0n) is 16.3. The number of nitrogens with zero attached hydrogens (tertiary/aromatic N) is 1. The Morgan fingerprint density at radius 3 is 2.59 bits per heavy atom. The summed E-state index contributed by atoms with van der Waals surface area (Å²) in [7, 11) is 1.61. The Morgan fingerprint density at radius 1 is 1.14 bits per heavy atom. The quantitative estimate of drug-likeness (QED) is 0.589. The molecule has 0 fully saturated rings. The molecule has 0 saturated carbocycles. The van der Waals surface area contributed by atoms with Gasteiger partial charge in [-0.25, -0.2) is 0 Å². The highest BCUT2D eigenvalue weighted by Gasteiger charge is 2.34. The summed E-state index contributed by atoms with van der Waals surface area (Å²) in [6, 6.07) is 15.9. The van der Waals surface area contributed by atoms with Gasteiger partial charge in [0.25, 0.3) is 5.91 Å². The molecular formula is C23H21NO5. The first-order chi connectivity index (χ1) is 14.1. The largest absolute Gasteiger partial charge is 0.497 e. The lowest BCUT2D eigenvalue weighted by Gasteiger charge is -2.34. The SMILES string of the molecule is CCC1Oc2ccc(C(=O)c3ccco3)cc2N(Cc2ccc(OC)cc2)C1=O. The Morgan fingerprint density at radius 2 is 1.93 bits per heavy atom. The van der Waals surface area contributed by atoms with E-state index >= 15 is 0 Å². The zero-order chi connectivity index (χ0) is 20.4. The van der Waals surface area contributed by atoms with E-state index in [1.807, 2.05) is 31.2 Å². The average Bonchev–Trinajstić information content (AvgIpc) is 3.30. The lowest BCUT2D eigenvalue weighted by atomic mass is 10.0. The van der Waals surface area contributed by atoms with Crippen molar-refractivity contribution >= 4 is 17.4 Å². The summed E-state index contributed by atoms with van der Waals surface area (Å²) in [5.41, 5.74) is 1.96. The van der Waals surface area contributed by atoms with Crippen LogP contribution in [0, 0.1) is 0 Å². The predicted molar refractivity (Wildman–Crippen MR) is 107 cm³/mol. The van der Waals surface area contributed by atoms with Crippen LogP contribution < -0.4 is 14.4 Å². The molecule has 0 bridgehead atoms. The molecular weight excluding hydrogens is 370 g/mol. The molecule has 1 aliphatic heterocycles. The van der Waals surface area contributed by atoms with Gasteiger partial charge in [-0.2, -0.15) is 0 Å². The first-order valence-corrected chi connectivity index (χ1v) is 9.44. The van der Waals surface area contributed by atoms with Crippen molar-refractivity contribution in [2.75, 3.05) is 12.0 Å². The minimum absolute atomic E-state index is 0.126. The summed E-state index contributed by atoms with van der Waals surface area (Å²) in [4.78, 5) is 27.4. The number of anilines is 1. The van der Waals surface area contributed by atoms with Crippen molar-refractivity contribution in [3.63, 3.8) is 0 Å². The molecule has 1 atom stereocenters. The molecule has 0 spiro atoms. The Hall–Kier alpha value is -3.54. The molecule has 0 saturated heterocycles. The van der Waals surface area contributed by atoms with Crippen LogP contribution in [-0.2, 0) is 11.3 Å². The summed E-state index contributed by atoms with van der Waals surface area (Å²) < 4.78 is 16.3. The molecule has 3 aromatic rings. The summed E-state index contributed by atoms with van der Waals surface area (Å²) in [5, 5.41) is 0. The van der Waals surface area contributed by atoms with E-state index in [-0.39, 0.29) is 17.5 Å². The van der Waals surface area contributed by atoms with Crippen LogP contribution in [0.15, 0.2) is 65.3 Å². The summed E-state index contributed by atoms with van der Waals surface area (Å²) >= 11 is 0. The minimum atomic E-state index is -0.549. The maximum atomic E-state index is 13.0. The highest BCUT2D eigenvalue weighted by atomic mass is 16.5. The Bertz CT molecular complexity index is 1020. The highest BCUT2D eigenvalue weighted by molar-refractivity contribution is 6.09. The van der Waals surface area contributed by atoms with Crippen LogP contribution in [0.3, 0.4) is 0 Å². The Kier molecular flexibility index (Phi) is 5.08. The van der Waals surface area contributed by atoms with E-state index in [1.54, 1.807) is 42.3 Å². The van der Waals surface area contributed by atoms with Crippen LogP contribution in [0.2, 0.25) is 0 Å². The third-order valence-electron chi connectivity index (χ3n) is 4.94. The second kappa shape index (κ2) is 7.83. The number of furan rings is 1. The van der Waals surface area contributed by atoms with Crippen molar-refractivity contribution < 1.29 is 23.5 Å². The van der Waals surface area contributed by atoms with Gasteiger partial charge in [-0.3, -0.25) is 9.59 Å². The van der Waals surface area contributed by atoms with Gasteiger partial charge in [-0.05, 0) is 54.4 Å². The van der Waals surface area contributed by atoms with Gasteiger partial charge in [0.1, 0.15) is 11.5 Å². The number of ether oxygens (including phenoxy) is 2. The number of benzene rings is 2. The van der Waals surface area contributed by atoms with Crippen molar-refractivity contribution in [2.24, 2.45) is 0 Å². The van der Waals surface area contributed by atoms with Crippen LogP contribution in [0.4, 0.5) is 5.69 Å².